The number of carbonyl (C=O) groups is 1. The van der Waals surface area contributed by atoms with Gasteiger partial charge in [-0.25, -0.2) is 0 Å². The van der Waals surface area contributed by atoms with E-state index in [0.717, 1.165) is 28.1 Å². The van der Waals surface area contributed by atoms with Crippen LogP contribution in [0.1, 0.15) is 44.4 Å². The first kappa shape index (κ1) is 27.7. The van der Waals surface area contributed by atoms with Crippen molar-refractivity contribution in [2.24, 2.45) is 0 Å². The minimum atomic E-state index is -0.166. The molecule has 0 spiro atoms. The van der Waals surface area contributed by atoms with Crippen LogP contribution in [0.5, 0.6) is 5.75 Å². The fourth-order valence-electron chi connectivity index (χ4n) is 4.14. The summed E-state index contributed by atoms with van der Waals surface area (Å²) in [6.07, 6.45) is 0. The van der Waals surface area contributed by atoms with Crippen LogP contribution < -0.4 is 10.1 Å². The highest BCUT2D eigenvalue weighted by Crippen LogP contribution is 2.32. The van der Waals surface area contributed by atoms with E-state index in [1.165, 1.54) is 17.3 Å². The van der Waals surface area contributed by atoms with Gasteiger partial charge < -0.3 is 10.1 Å². The van der Waals surface area contributed by atoms with E-state index in [0.29, 0.717) is 28.3 Å². The van der Waals surface area contributed by atoms with Crippen LogP contribution in [0.3, 0.4) is 0 Å². The molecule has 0 aliphatic rings. The van der Waals surface area contributed by atoms with Gasteiger partial charge in [0.05, 0.1) is 23.1 Å². The van der Waals surface area contributed by atoms with Gasteiger partial charge in [0.1, 0.15) is 5.75 Å². The van der Waals surface area contributed by atoms with Gasteiger partial charge in [-0.15, -0.1) is 10.2 Å². The average molecular weight is 549 g/mol. The number of thioether (sulfide) groups is 1. The van der Waals surface area contributed by atoms with Gasteiger partial charge >= 0.3 is 0 Å². The molecule has 0 atom stereocenters. The Bertz CT molecular complexity index is 1400. The quantitative estimate of drug-likeness (QED) is 0.229. The first-order valence-corrected chi connectivity index (χ1v) is 13.9. The molecule has 8 heteroatoms. The SMILES string of the molecule is CCOc1ccc(-n2c(SCC(=O)Nc3c(C)cc(C)cc3Cl)nnc2-c2ccc(C(C)(C)C)cc2)cc1. The molecule has 1 heterocycles. The number of rotatable bonds is 8. The van der Waals surface area contributed by atoms with Crippen LogP contribution in [0.15, 0.2) is 65.8 Å². The van der Waals surface area contributed by atoms with E-state index in [4.69, 9.17) is 16.3 Å². The molecule has 0 unspecified atom stereocenters. The molecule has 198 valence electrons. The summed E-state index contributed by atoms with van der Waals surface area (Å²) in [6.45, 7) is 13.0. The molecule has 0 saturated heterocycles. The molecular weight excluding hydrogens is 516 g/mol. The number of nitrogens with zero attached hydrogens (tertiary/aromatic N) is 3. The Kier molecular flexibility index (Phi) is 8.48. The maximum absolute atomic E-state index is 12.9. The lowest BCUT2D eigenvalue weighted by Gasteiger charge is -2.19. The number of benzene rings is 3. The van der Waals surface area contributed by atoms with Crippen molar-refractivity contribution in [1.82, 2.24) is 14.8 Å². The second-order valence-electron chi connectivity index (χ2n) is 10.2. The molecular formula is C30H33ClN4O2S. The lowest BCUT2D eigenvalue weighted by molar-refractivity contribution is -0.113. The molecule has 4 aromatic rings. The summed E-state index contributed by atoms with van der Waals surface area (Å²) < 4.78 is 7.60. The van der Waals surface area contributed by atoms with Crippen molar-refractivity contribution >= 4 is 35.0 Å². The Morgan fingerprint density at radius 2 is 1.71 bits per heavy atom. The van der Waals surface area contributed by atoms with Crippen molar-refractivity contribution in [3.05, 3.63) is 82.4 Å². The van der Waals surface area contributed by atoms with Crippen LogP contribution >= 0.6 is 23.4 Å². The smallest absolute Gasteiger partial charge is 0.234 e. The van der Waals surface area contributed by atoms with Crippen LogP contribution in [0.4, 0.5) is 5.69 Å². The van der Waals surface area contributed by atoms with E-state index >= 15 is 0 Å². The Morgan fingerprint density at radius 3 is 2.32 bits per heavy atom. The highest BCUT2D eigenvalue weighted by molar-refractivity contribution is 7.99. The minimum absolute atomic E-state index is 0.0500. The third-order valence-corrected chi connectivity index (χ3v) is 7.30. The van der Waals surface area contributed by atoms with Gasteiger partial charge in [-0.3, -0.25) is 9.36 Å². The number of halogens is 1. The van der Waals surface area contributed by atoms with Gasteiger partial charge in [-0.05, 0) is 73.2 Å². The third-order valence-electron chi connectivity index (χ3n) is 6.08. The molecule has 0 saturated carbocycles. The van der Waals surface area contributed by atoms with E-state index in [1.807, 2.05) is 61.7 Å². The third kappa shape index (κ3) is 6.40. The zero-order chi connectivity index (χ0) is 27.4. The van der Waals surface area contributed by atoms with Crippen LogP contribution in [-0.4, -0.2) is 33.0 Å². The van der Waals surface area contributed by atoms with Crippen LogP contribution in [0, 0.1) is 13.8 Å². The number of carbonyl (C=O) groups excluding carboxylic acids is 1. The number of hydrogen-bond acceptors (Lipinski definition) is 5. The van der Waals surface area contributed by atoms with Crippen molar-refractivity contribution in [2.75, 3.05) is 17.7 Å². The summed E-state index contributed by atoms with van der Waals surface area (Å²) in [7, 11) is 0. The largest absolute Gasteiger partial charge is 0.494 e. The molecule has 0 bridgehead atoms. The standard InChI is InChI=1S/C30H33ClN4O2S/c1-7-37-24-14-12-23(13-15-24)35-28(21-8-10-22(11-9-21)30(4,5)6)33-34-29(35)38-18-26(36)32-27-20(3)16-19(2)17-25(27)31/h8-17H,7,18H2,1-6H3,(H,32,36). The van der Waals surface area contributed by atoms with E-state index in [2.05, 4.69) is 60.6 Å². The molecule has 4 rings (SSSR count). The molecule has 38 heavy (non-hydrogen) atoms. The molecule has 3 aromatic carbocycles. The Labute approximate surface area is 233 Å². The summed E-state index contributed by atoms with van der Waals surface area (Å²) in [4.78, 5) is 12.9. The van der Waals surface area contributed by atoms with Gasteiger partial charge in [0.15, 0.2) is 11.0 Å². The molecule has 1 N–H and O–H groups in total. The number of amides is 1. The molecule has 0 fully saturated rings. The molecule has 0 radical (unpaired) electrons. The van der Waals surface area contributed by atoms with Gasteiger partial charge in [0.25, 0.3) is 0 Å². The maximum atomic E-state index is 12.9. The van der Waals surface area contributed by atoms with Gasteiger partial charge in [0.2, 0.25) is 5.91 Å². The van der Waals surface area contributed by atoms with Crippen molar-refractivity contribution in [3.63, 3.8) is 0 Å². The van der Waals surface area contributed by atoms with Crippen molar-refractivity contribution in [3.8, 4) is 22.8 Å². The number of ether oxygens (including phenoxy) is 1. The first-order chi connectivity index (χ1) is 18.1. The molecule has 6 nitrogen and oxygen atoms in total. The average Bonchev–Trinajstić information content (AvgIpc) is 3.29. The predicted molar refractivity (Wildman–Crippen MR) is 157 cm³/mol. The highest BCUT2D eigenvalue weighted by atomic mass is 35.5. The van der Waals surface area contributed by atoms with E-state index < -0.39 is 0 Å². The fourth-order valence-corrected chi connectivity index (χ4v) is 5.26. The Hall–Kier alpha value is -3.29. The monoisotopic (exact) mass is 548 g/mol. The van der Waals surface area contributed by atoms with Crippen molar-refractivity contribution < 1.29 is 9.53 Å². The Balaban J connectivity index is 1.63. The second kappa shape index (κ2) is 11.6. The second-order valence-corrected chi connectivity index (χ2v) is 11.5. The zero-order valence-corrected chi connectivity index (χ0v) is 24.2. The summed E-state index contributed by atoms with van der Waals surface area (Å²) in [5, 5.41) is 13.1. The number of hydrogen-bond donors (Lipinski definition) is 1. The zero-order valence-electron chi connectivity index (χ0n) is 22.6. The number of anilines is 1. The maximum Gasteiger partial charge on any atom is 0.234 e. The Morgan fingerprint density at radius 1 is 1.03 bits per heavy atom. The summed E-state index contributed by atoms with van der Waals surface area (Å²) in [5.41, 5.74) is 5.72. The number of aryl methyl sites for hydroxylation is 2. The fraction of sp³-hybridized carbons (Fsp3) is 0.300. The highest BCUT2D eigenvalue weighted by Gasteiger charge is 2.20. The van der Waals surface area contributed by atoms with Crippen LogP contribution in [0.2, 0.25) is 5.02 Å². The number of nitrogens with one attached hydrogen (secondary N) is 1. The lowest BCUT2D eigenvalue weighted by Crippen LogP contribution is -2.16. The molecule has 0 aliphatic heterocycles. The number of aromatic nitrogens is 3. The minimum Gasteiger partial charge on any atom is -0.494 e. The molecule has 1 amide bonds. The van der Waals surface area contributed by atoms with E-state index in [9.17, 15) is 4.79 Å². The van der Waals surface area contributed by atoms with Gasteiger partial charge in [-0.1, -0.05) is 74.5 Å². The lowest BCUT2D eigenvalue weighted by atomic mass is 9.87. The first-order valence-electron chi connectivity index (χ1n) is 12.6. The van der Waals surface area contributed by atoms with Crippen LogP contribution in [0.25, 0.3) is 17.1 Å². The van der Waals surface area contributed by atoms with Crippen molar-refractivity contribution in [1.29, 1.82) is 0 Å². The van der Waals surface area contributed by atoms with Crippen molar-refractivity contribution in [2.45, 2.75) is 52.1 Å². The van der Waals surface area contributed by atoms with Crippen LogP contribution in [-0.2, 0) is 10.2 Å². The topological polar surface area (TPSA) is 69.0 Å². The molecule has 1 aromatic heterocycles. The molecule has 0 aliphatic carbocycles. The normalized spacial score (nSPS) is 11.4. The van der Waals surface area contributed by atoms with Gasteiger partial charge in [0, 0.05) is 11.3 Å². The van der Waals surface area contributed by atoms with Gasteiger partial charge in [-0.2, -0.15) is 0 Å². The summed E-state index contributed by atoms with van der Waals surface area (Å²) in [5.74, 6) is 1.48. The van der Waals surface area contributed by atoms with E-state index in [-0.39, 0.29) is 17.1 Å². The summed E-state index contributed by atoms with van der Waals surface area (Å²) >= 11 is 7.71. The predicted octanol–water partition coefficient (Wildman–Crippen LogP) is 7.63. The summed E-state index contributed by atoms with van der Waals surface area (Å²) in [6, 6.07) is 20.0. The van der Waals surface area contributed by atoms with E-state index in [1.54, 1.807) is 0 Å².